The molecule has 0 radical (unpaired) electrons. The van der Waals surface area contributed by atoms with Gasteiger partial charge in [0.25, 0.3) is 0 Å². The first-order valence-electron chi connectivity index (χ1n) is 10.4. The van der Waals surface area contributed by atoms with E-state index in [4.69, 9.17) is 15.9 Å². The fourth-order valence-electron chi connectivity index (χ4n) is 3.74. The highest BCUT2D eigenvalue weighted by Gasteiger charge is 2.17. The number of rotatable bonds is 7. The summed E-state index contributed by atoms with van der Waals surface area (Å²) < 4.78 is 10.9. The van der Waals surface area contributed by atoms with E-state index in [-0.39, 0.29) is 6.04 Å². The van der Waals surface area contributed by atoms with Crippen LogP contribution in [0.25, 0.3) is 21.3 Å². The zero-order chi connectivity index (χ0) is 23.5. The Hall–Kier alpha value is -3.60. The molecule has 0 saturated carbocycles. The summed E-state index contributed by atoms with van der Waals surface area (Å²) in [6, 6.07) is 15.5. The number of ether oxygens (including phenoxy) is 2. The Morgan fingerprint density at radius 1 is 1.06 bits per heavy atom. The first-order chi connectivity index (χ1) is 15.9. The third-order valence-electron chi connectivity index (χ3n) is 5.40. The van der Waals surface area contributed by atoms with E-state index in [1.54, 1.807) is 25.6 Å². The van der Waals surface area contributed by atoms with E-state index in [2.05, 4.69) is 40.3 Å². The highest BCUT2D eigenvalue weighted by molar-refractivity contribution is 7.15. The van der Waals surface area contributed by atoms with Crippen LogP contribution in [0.1, 0.15) is 35.3 Å². The molecular weight excluding hydrogens is 434 g/mol. The second-order valence-corrected chi connectivity index (χ2v) is 8.68. The van der Waals surface area contributed by atoms with Crippen molar-refractivity contribution < 1.29 is 14.6 Å². The Labute approximate surface area is 197 Å². The molecule has 0 aliphatic carbocycles. The largest absolute Gasteiger partial charge is 0.493 e. The number of anilines is 1. The molecule has 0 aliphatic rings. The molecule has 0 saturated heterocycles. The molecule has 4 aromatic rings. The number of aromatic nitrogens is 2. The number of aryl methyl sites for hydroxylation is 1. The minimum absolute atomic E-state index is 0.0148. The summed E-state index contributed by atoms with van der Waals surface area (Å²) in [5, 5.41) is 14.6. The Kier molecular flexibility index (Phi) is 6.50. The maximum atomic E-state index is 10.2. The number of fused-ring (bicyclic) bond motifs is 1. The van der Waals surface area contributed by atoms with Gasteiger partial charge in [-0.3, -0.25) is 0 Å². The lowest BCUT2D eigenvalue weighted by Gasteiger charge is -2.17. The van der Waals surface area contributed by atoms with Gasteiger partial charge in [-0.05, 0) is 37.6 Å². The summed E-state index contributed by atoms with van der Waals surface area (Å²) in [6.07, 6.45) is 4.51. The number of hydrogen-bond donors (Lipinski definition) is 2. The van der Waals surface area contributed by atoms with Crippen LogP contribution in [0.4, 0.5) is 5.82 Å². The second-order valence-electron chi connectivity index (χ2n) is 7.57. The topological polar surface area (TPSA) is 76.5 Å². The average molecular weight is 460 g/mol. The van der Waals surface area contributed by atoms with Crippen LogP contribution >= 0.6 is 11.3 Å². The summed E-state index contributed by atoms with van der Waals surface area (Å²) in [5.74, 6) is 5.04. The Bertz CT molecular complexity index is 1340. The van der Waals surface area contributed by atoms with Crippen LogP contribution in [-0.2, 0) is 0 Å². The smallest absolute Gasteiger partial charge is 0.162 e. The molecule has 2 N–H and O–H groups in total. The van der Waals surface area contributed by atoms with Crippen molar-refractivity contribution in [3.63, 3.8) is 0 Å². The van der Waals surface area contributed by atoms with Crippen molar-refractivity contribution in [2.24, 2.45) is 0 Å². The van der Waals surface area contributed by atoms with Gasteiger partial charge in [0.2, 0.25) is 0 Å². The van der Waals surface area contributed by atoms with E-state index in [0.717, 1.165) is 37.6 Å². The molecule has 7 heteroatoms. The highest BCUT2D eigenvalue weighted by Crippen LogP contribution is 2.38. The number of aliphatic hydroxyl groups is 1. The molecule has 0 bridgehead atoms. The first-order valence-corrected chi connectivity index (χ1v) is 11.3. The van der Waals surface area contributed by atoms with Crippen LogP contribution in [0.15, 0.2) is 48.5 Å². The normalized spacial score (nSPS) is 12.7. The molecule has 2 unspecified atom stereocenters. The van der Waals surface area contributed by atoms with Gasteiger partial charge in [-0.15, -0.1) is 17.8 Å². The Morgan fingerprint density at radius 2 is 1.79 bits per heavy atom. The molecule has 168 valence electrons. The van der Waals surface area contributed by atoms with Gasteiger partial charge < -0.3 is 19.9 Å². The maximum Gasteiger partial charge on any atom is 0.162 e. The van der Waals surface area contributed by atoms with Gasteiger partial charge in [0.15, 0.2) is 11.5 Å². The molecule has 0 spiro atoms. The van der Waals surface area contributed by atoms with Crippen molar-refractivity contribution in [1.29, 1.82) is 0 Å². The molecule has 2 aromatic heterocycles. The second kappa shape index (κ2) is 9.49. The molecule has 4 rings (SSSR count). The van der Waals surface area contributed by atoms with Crippen molar-refractivity contribution in [3.8, 4) is 34.3 Å². The van der Waals surface area contributed by atoms with Crippen molar-refractivity contribution in [2.45, 2.75) is 26.0 Å². The number of thiophene rings is 1. The zero-order valence-electron chi connectivity index (χ0n) is 18.9. The van der Waals surface area contributed by atoms with Crippen molar-refractivity contribution in [1.82, 2.24) is 9.97 Å². The van der Waals surface area contributed by atoms with Gasteiger partial charge in [0.1, 0.15) is 17.7 Å². The number of aliphatic hydroxyl groups excluding tert-OH is 1. The molecule has 0 amide bonds. The summed E-state index contributed by atoms with van der Waals surface area (Å²) in [5.41, 5.74) is 2.44. The molecule has 2 atom stereocenters. The quantitative estimate of drug-likeness (QED) is 0.354. The SMILES string of the molecule is C#CC(O)c1ccccc1-c1ccc(C(C)Nc2nc(C)nc3cc(OC)c(OC)cc23)s1. The van der Waals surface area contributed by atoms with Gasteiger partial charge in [0, 0.05) is 26.8 Å². The van der Waals surface area contributed by atoms with Gasteiger partial charge in [-0.2, -0.15) is 0 Å². The van der Waals surface area contributed by atoms with E-state index in [1.165, 1.54) is 0 Å². The van der Waals surface area contributed by atoms with Crippen LogP contribution in [0.2, 0.25) is 0 Å². The lowest BCUT2D eigenvalue weighted by Crippen LogP contribution is -2.08. The third kappa shape index (κ3) is 4.49. The molecule has 2 aromatic carbocycles. The summed E-state index contributed by atoms with van der Waals surface area (Å²) in [7, 11) is 3.21. The number of nitrogens with zero attached hydrogens (tertiary/aromatic N) is 2. The third-order valence-corrected chi connectivity index (χ3v) is 6.70. The molecule has 2 heterocycles. The lowest BCUT2D eigenvalue weighted by molar-refractivity contribution is 0.239. The van der Waals surface area contributed by atoms with Crippen LogP contribution in [0, 0.1) is 19.3 Å². The predicted octanol–water partition coefficient (Wildman–Crippen LogP) is 5.52. The van der Waals surface area contributed by atoms with Gasteiger partial charge >= 0.3 is 0 Å². The van der Waals surface area contributed by atoms with E-state index >= 15 is 0 Å². The van der Waals surface area contributed by atoms with Crippen LogP contribution in [-0.4, -0.2) is 29.3 Å². The minimum atomic E-state index is -0.940. The monoisotopic (exact) mass is 459 g/mol. The Balaban J connectivity index is 1.67. The molecule has 0 aliphatic heterocycles. The van der Waals surface area contributed by atoms with Crippen molar-refractivity contribution in [3.05, 3.63) is 64.8 Å². The summed E-state index contributed by atoms with van der Waals surface area (Å²) in [4.78, 5) is 11.4. The molecule has 0 fully saturated rings. The van der Waals surface area contributed by atoms with E-state index < -0.39 is 6.10 Å². The summed E-state index contributed by atoms with van der Waals surface area (Å²) >= 11 is 1.65. The lowest BCUT2D eigenvalue weighted by atomic mass is 10.0. The van der Waals surface area contributed by atoms with Crippen LogP contribution < -0.4 is 14.8 Å². The molecular formula is C26H25N3O3S. The summed E-state index contributed by atoms with van der Waals surface area (Å²) in [6.45, 7) is 3.95. The first kappa shape index (κ1) is 22.6. The fourth-order valence-corrected chi connectivity index (χ4v) is 4.80. The van der Waals surface area contributed by atoms with E-state index in [9.17, 15) is 5.11 Å². The highest BCUT2D eigenvalue weighted by atomic mass is 32.1. The number of nitrogens with one attached hydrogen (secondary N) is 1. The van der Waals surface area contributed by atoms with E-state index in [1.807, 2.05) is 43.3 Å². The predicted molar refractivity (Wildman–Crippen MR) is 133 cm³/mol. The molecule has 33 heavy (non-hydrogen) atoms. The van der Waals surface area contributed by atoms with Gasteiger partial charge in [-0.1, -0.05) is 30.2 Å². The van der Waals surface area contributed by atoms with Gasteiger partial charge in [-0.25, -0.2) is 9.97 Å². The average Bonchev–Trinajstić information content (AvgIpc) is 3.33. The zero-order valence-corrected chi connectivity index (χ0v) is 19.7. The van der Waals surface area contributed by atoms with Crippen molar-refractivity contribution in [2.75, 3.05) is 19.5 Å². The number of benzene rings is 2. The van der Waals surface area contributed by atoms with Crippen LogP contribution in [0.3, 0.4) is 0 Å². The van der Waals surface area contributed by atoms with Gasteiger partial charge in [0.05, 0.1) is 25.8 Å². The van der Waals surface area contributed by atoms with E-state index in [0.29, 0.717) is 17.3 Å². The fraction of sp³-hybridized carbons (Fsp3) is 0.231. The minimum Gasteiger partial charge on any atom is -0.493 e. The number of methoxy groups -OCH3 is 2. The van der Waals surface area contributed by atoms with Crippen LogP contribution in [0.5, 0.6) is 11.5 Å². The number of terminal acetylenes is 1. The standard InChI is InChI=1S/C26H25N3O3S/c1-6-21(30)17-9-7-8-10-18(17)25-12-11-24(33-25)15(2)27-26-19-13-22(31-4)23(32-5)14-20(19)28-16(3)29-26/h1,7-15,21,30H,2-5H3,(H,27,28,29). The maximum absolute atomic E-state index is 10.2. The molecule has 6 nitrogen and oxygen atoms in total. The Morgan fingerprint density at radius 3 is 2.52 bits per heavy atom. The number of hydrogen-bond acceptors (Lipinski definition) is 7. The van der Waals surface area contributed by atoms with Crippen molar-refractivity contribution >= 4 is 28.1 Å².